The zero-order valence-electron chi connectivity index (χ0n) is 10.7. The van der Waals surface area contributed by atoms with E-state index < -0.39 is 5.97 Å². The van der Waals surface area contributed by atoms with Gasteiger partial charge in [0.15, 0.2) is 5.69 Å². The first-order valence-electron chi connectivity index (χ1n) is 6.01. The Morgan fingerprint density at radius 3 is 2.72 bits per heavy atom. The fourth-order valence-corrected chi connectivity index (χ4v) is 1.43. The maximum absolute atomic E-state index is 11.1. The van der Waals surface area contributed by atoms with E-state index in [1.54, 1.807) is 0 Å². The number of aromatic nitrogens is 2. The van der Waals surface area contributed by atoms with Gasteiger partial charge in [-0.05, 0) is 12.8 Å². The summed E-state index contributed by atoms with van der Waals surface area (Å²) >= 11 is 0. The summed E-state index contributed by atoms with van der Waals surface area (Å²) in [6.07, 6.45) is 2.95. The molecule has 100 valence electrons. The Morgan fingerprint density at radius 1 is 1.44 bits per heavy atom. The number of anilines is 1. The molecule has 0 spiro atoms. The number of nitrogens with zero attached hydrogens (tertiary/aromatic N) is 2. The van der Waals surface area contributed by atoms with Crippen LogP contribution in [0.5, 0.6) is 0 Å². The van der Waals surface area contributed by atoms with Crippen LogP contribution in [0.25, 0.3) is 0 Å². The van der Waals surface area contributed by atoms with Crippen molar-refractivity contribution in [2.24, 2.45) is 0 Å². The van der Waals surface area contributed by atoms with Crippen molar-refractivity contribution in [2.45, 2.75) is 32.6 Å². The Balaban J connectivity index is 2.80. The molecule has 0 atom stereocenters. The van der Waals surface area contributed by atoms with E-state index in [0.717, 1.165) is 6.42 Å². The van der Waals surface area contributed by atoms with Gasteiger partial charge >= 0.3 is 5.97 Å². The highest BCUT2D eigenvalue weighted by Gasteiger charge is 2.15. The van der Waals surface area contributed by atoms with Gasteiger partial charge in [-0.25, -0.2) is 14.8 Å². The van der Waals surface area contributed by atoms with Crippen LogP contribution in [-0.4, -0.2) is 39.3 Å². The van der Waals surface area contributed by atoms with E-state index in [2.05, 4.69) is 15.3 Å². The number of unbranched alkanes of at least 4 members (excludes halogenated alkanes) is 1. The van der Waals surface area contributed by atoms with E-state index in [4.69, 9.17) is 10.2 Å². The van der Waals surface area contributed by atoms with Crippen molar-refractivity contribution in [1.82, 2.24) is 9.97 Å². The molecule has 1 aromatic rings. The molecule has 0 aliphatic rings. The minimum absolute atomic E-state index is 0.00213. The van der Waals surface area contributed by atoms with Gasteiger partial charge in [0, 0.05) is 19.1 Å². The summed E-state index contributed by atoms with van der Waals surface area (Å²) in [7, 11) is 0. The largest absolute Gasteiger partial charge is 0.476 e. The third-order valence-corrected chi connectivity index (χ3v) is 2.43. The Bertz CT molecular complexity index is 408. The van der Waals surface area contributed by atoms with Gasteiger partial charge in [0.25, 0.3) is 0 Å². The number of nitrogens with one attached hydrogen (secondary N) is 1. The second-order valence-electron chi connectivity index (χ2n) is 4.31. The molecular weight excluding hydrogens is 234 g/mol. The molecule has 0 aromatic carbocycles. The molecule has 6 nitrogen and oxygen atoms in total. The molecule has 3 N–H and O–H groups in total. The SMILES string of the molecule is CC(C)c1ncc(NCCCCO)c(C(=O)O)n1. The minimum atomic E-state index is -1.07. The van der Waals surface area contributed by atoms with E-state index in [0.29, 0.717) is 24.5 Å². The minimum Gasteiger partial charge on any atom is -0.476 e. The molecule has 1 heterocycles. The lowest BCUT2D eigenvalue weighted by Gasteiger charge is -2.10. The molecule has 0 radical (unpaired) electrons. The highest BCUT2D eigenvalue weighted by Crippen LogP contribution is 2.16. The lowest BCUT2D eigenvalue weighted by Crippen LogP contribution is -2.13. The van der Waals surface area contributed by atoms with E-state index >= 15 is 0 Å². The standard InChI is InChI=1S/C12H19N3O3/c1-8(2)11-14-7-9(10(15-11)12(17)18)13-5-3-4-6-16/h7-8,13,16H,3-6H2,1-2H3,(H,17,18). The van der Waals surface area contributed by atoms with Crippen molar-refractivity contribution in [3.8, 4) is 0 Å². The Hall–Kier alpha value is -1.69. The number of carboxylic acids is 1. The van der Waals surface area contributed by atoms with Gasteiger partial charge in [0.1, 0.15) is 5.82 Å². The zero-order valence-corrected chi connectivity index (χ0v) is 10.7. The van der Waals surface area contributed by atoms with Crippen molar-refractivity contribution in [2.75, 3.05) is 18.5 Å². The lowest BCUT2D eigenvalue weighted by molar-refractivity contribution is 0.0691. The number of hydrogen-bond acceptors (Lipinski definition) is 5. The highest BCUT2D eigenvalue weighted by atomic mass is 16.4. The maximum Gasteiger partial charge on any atom is 0.356 e. The van der Waals surface area contributed by atoms with Crippen molar-refractivity contribution < 1.29 is 15.0 Å². The quantitative estimate of drug-likeness (QED) is 0.637. The molecule has 0 amide bonds. The number of rotatable bonds is 7. The average Bonchev–Trinajstić information content (AvgIpc) is 2.34. The molecular formula is C12H19N3O3. The molecule has 1 rings (SSSR count). The topological polar surface area (TPSA) is 95.3 Å². The predicted molar refractivity (Wildman–Crippen MR) is 67.9 cm³/mol. The molecule has 0 aliphatic heterocycles. The molecule has 0 aliphatic carbocycles. The zero-order chi connectivity index (χ0) is 13.5. The van der Waals surface area contributed by atoms with Crippen LogP contribution in [0.4, 0.5) is 5.69 Å². The van der Waals surface area contributed by atoms with Crippen LogP contribution in [0, 0.1) is 0 Å². The first kappa shape index (κ1) is 14.4. The summed E-state index contributed by atoms with van der Waals surface area (Å²) in [5.74, 6) is -0.455. The normalized spacial score (nSPS) is 10.7. The van der Waals surface area contributed by atoms with Gasteiger partial charge in [0.05, 0.1) is 11.9 Å². The summed E-state index contributed by atoms with van der Waals surface area (Å²) in [5.41, 5.74) is 0.419. The molecule has 0 saturated heterocycles. The van der Waals surface area contributed by atoms with E-state index in [1.165, 1.54) is 6.20 Å². The summed E-state index contributed by atoms with van der Waals surface area (Å²) in [4.78, 5) is 19.3. The number of carboxylic acid groups (broad SMARTS) is 1. The van der Waals surface area contributed by atoms with E-state index in [-0.39, 0.29) is 18.2 Å². The monoisotopic (exact) mass is 253 g/mol. The molecule has 0 unspecified atom stereocenters. The second-order valence-corrected chi connectivity index (χ2v) is 4.31. The summed E-state index contributed by atoms with van der Waals surface area (Å²) in [6.45, 7) is 4.55. The number of aliphatic hydroxyl groups is 1. The fourth-order valence-electron chi connectivity index (χ4n) is 1.43. The third kappa shape index (κ3) is 3.96. The Kier molecular flexibility index (Phi) is 5.51. The second kappa shape index (κ2) is 6.90. The lowest BCUT2D eigenvalue weighted by atomic mass is 10.2. The van der Waals surface area contributed by atoms with Crippen LogP contribution in [0.1, 0.15) is 48.9 Å². The van der Waals surface area contributed by atoms with E-state index in [1.807, 2.05) is 13.8 Å². The van der Waals surface area contributed by atoms with Crippen molar-refractivity contribution in [3.05, 3.63) is 17.7 Å². The molecule has 0 saturated carbocycles. The summed E-state index contributed by atoms with van der Waals surface area (Å²) in [5, 5.41) is 20.7. The van der Waals surface area contributed by atoms with Crippen LogP contribution in [0.15, 0.2) is 6.20 Å². The summed E-state index contributed by atoms with van der Waals surface area (Å²) in [6, 6.07) is 0. The highest BCUT2D eigenvalue weighted by molar-refractivity contribution is 5.91. The van der Waals surface area contributed by atoms with Gasteiger partial charge in [0.2, 0.25) is 0 Å². The third-order valence-electron chi connectivity index (χ3n) is 2.43. The van der Waals surface area contributed by atoms with E-state index in [9.17, 15) is 4.79 Å². The van der Waals surface area contributed by atoms with Gasteiger partial charge in [-0.1, -0.05) is 13.8 Å². The number of aliphatic hydroxyl groups excluding tert-OH is 1. The smallest absolute Gasteiger partial charge is 0.356 e. The van der Waals surface area contributed by atoms with Gasteiger partial charge in [-0.3, -0.25) is 0 Å². The predicted octanol–water partition coefficient (Wildman–Crippen LogP) is 1.48. The Labute approximate surface area is 106 Å². The molecule has 0 bridgehead atoms. The van der Waals surface area contributed by atoms with Gasteiger partial charge in [-0.15, -0.1) is 0 Å². The molecule has 0 fully saturated rings. The number of hydrogen-bond donors (Lipinski definition) is 3. The summed E-state index contributed by atoms with van der Waals surface area (Å²) < 4.78 is 0. The van der Waals surface area contributed by atoms with Crippen LogP contribution in [0.3, 0.4) is 0 Å². The van der Waals surface area contributed by atoms with Crippen LogP contribution >= 0.6 is 0 Å². The van der Waals surface area contributed by atoms with Crippen LogP contribution in [-0.2, 0) is 0 Å². The fraction of sp³-hybridized carbons (Fsp3) is 0.583. The number of carbonyl (C=O) groups is 1. The maximum atomic E-state index is 11.1. The first-order chi connectivity index (χ1) is 8.56. The Morgan fingerprint density at radius 2 is 2.17 bits per heavy atom. The average molecular weight is 253 g/mol. The van der Waals surface area contributed by atoms with Gasteiger partial charge < -0.3 is 15.5 Å². The number of aromatic carboxylic acids is 1. The van der Waals surface area contributed by atoms with Gasteiger partial charge in [-0.2, -0.15) is 0 Å². The van der Waals surface area contributed by atoms with Crippen LogP contribution in [0.2, 0.25) is 0 Å². The molecule has 1 aromatic heterocycles. The van der Waals surface area contributed by atoms with Crippen molar-refractivity contribution in [1.29, 1.82) is 0 Å². The first-order valence-corrected chi connectivity index (χ1v) is 6.01. The molecule has 18 heavy (non-hydrogen) atoms. The molecule has 6 heteroatoms. The van der Waals surface area contributed by atoms with Crippen LogP contribution < -0.4 is 5.32 Å². The van der Waals surface area contributed by atoms with Crippen molar-refractivity contribution >= 4 is 11.7 Å². The van der Waals surface area contributed by atoms with Crippen molar-refractivity contribution in [3.63, 3.8) is 0 Å².